The van der Waals surface area contributed by atoms with Gasteiger partial charge in [0, 0.05) is 27.2 Å². The third kappa shape index (κ3) is 4.28. The van der Waals surface area contributed by atoms with Gasteiger partial charge in [0.15, 0.2) is 5.82 Å². The van der Waals surface area contributed by atoms with Gasteiger partial charge in [-0.05, 0) is 31.9 Å². The zero-order valence-electron chi connectivity index (χ0n) is 15.3. The zero-order chi connectivity index (χ0) is 18.7. The van der Waals surface area contributed by atoms with Gasteiger partial charge in [-0.3, -0.25) is 0 Å². The van der Waals surface area contributed by atoms with Crippen molar-refractivity contribution in [2.45, 2.75) is 31.2 Å². The highest BCUT2D eigenvalue weighted by atomic mass is 32.2. The van der Waals surface area contributed by atoms with E-state index in [9.17, 15) is 8.42 Å². The fourth-order valence-electron chi connectivity index (χ4n) is 2.69. The molecule has 1 fully saturated rings. The Labute approximate surface area is 154 Å². The molecule has 0 spiro atoms. The van der Waals surface area contributed by atoms with Crippen molar-refractivity contribution in [3.05, 3.63) is 35.7 Å². The van der Waals surface area contributed by atoms with Crippen molar-refractivity contribution in [2.75, 3.05) is 37.0 Å². The number of nitrogens with zero attached hydrogens (tertiary/aromatic N) is 5. The van der Waals surface area contributed by atoms with Crippen molar-refractivity contribution in [3.8, 4) is 0 Å². The average Bonchev–Trinajstić information content (AvgIpc) is 3.15. The number of sulfonamides is 1. The van der Waals surface area contributed by atoms with Gasteiger partial charge in [-0.2, -0.15) is 15.0 Å². The standard InChI is InChI=1S/C17H24N6O2S/c1-13-6-8-14(9-7-13)26(24,25)18-12-15-19-16(22(2)3)21-17(20-15)23-10-4-5-11-23/h6-9,18H,4-5,10-12H2,1-3H3. The Kier molecular flexibility index (Phi) is 5.38. The van der Waals surface area contributed by atoms with Crippen molar-refractivity contribution in [1.29, 1.82) is 0 Å². The summed E-state index contributed by atoms with van der Waals surface area (Å²) in [6.07, 6.45) is 2.22. The molecule has 1 aromatic heterocycles. The first-order valence-corrected chi connectivity index (χ1v) is 10.1. The van der Waals surface area contributed by atoms with Crippen molar-refractivity contribution in [1.82, 2.24) is 19.7 Å². The summed E-state index contributed by atoms with van der Waals surface area (Å²) in [5.74, 6) is 1.53. The molecule has 2 aromatic rings. The number of anilines is 2. The predicted octanol–water partition coefficient (Wildman–Crippen LogP) is 1.32. The lowest BCUT2D eigenvalue weighted by Crippen LogP contribution is -2.27. The highest BCUT2D eigenvalue weighted by Crippen LogP contribution is 2.18. The van der Waals surface area contributed by atoms with E-state index in [1.807, 2.05) is 21.0 Å². The number of rotatable bonds is 6. The van der Waals surface area contributed by atoms with E-state index in [1.165, 1.54) is 0 Å². The maximum atomic E-state index is 12.5. The molecule has 1 saturated heterocycles. The summed E-state index contributed by atoms with van der Waals surface area (Å²) in [6, 6.07) is 6.72. The number of benzene rings is 1. The van der Waals surface area contributed by atoms with E-state index in [1.54, 1.807) is 29.2 Å². The smallest absolute Gasteiger partial charge is 0.240 e. The van der Waals surface area contributed by atoms with Crippen LogP contribution in [-0.4, -0.2) is 50.6 Å². The Hall–Kier alpha value is -2.26. The van der Waals surface area contributed by atoms with Gasteiger partial charge in [0.2, 0.25) is 21.9 Å². The van der Waals surface area contributed by atoms with E-state index in [2.05, 4.69) is 24.6 Å². The molecule has 2 heterocycles. The average molecular weight is 376 g/mol. The first-order chi connectivity index (χ1) is 12.3. The molecule has 140 valence electrons. The van der Waals surface area contributed by atoms with Gasteiger partial charge in [0.1, 0.15) is 0 Å². The Morgan fingerprint density at radius 3 is 2.35 bits per heavy atom. The van der Waals surface area contributed by atoms with Crippen LogP contribution in [0.25, 0.3) is 0 Å². The van der Waals surface area contributed by atoms with Gasteiger partial charge in [-0.25, -0.2) is 13.1 Å². The molecule has 0 saturated carbocycles. The minimum Gasteiger partial charge on any atom is -0.347 e. The predicted molar refractivity (Wildman–Crippen MR) is 101 cm³/mol. The first-order valence-electron chi connectivity index (χ1n) is 8.59. The van der Waals surface area contributed by atoms with Crippen LogP contribution in [0.15, 0.2) is 29.2 Å². The highest BCUT2D eigenvalue weighted by molar-refractivity contribution is 7.89. The second-order valence-corrected chi connectivity index (χ2v) is 8.34. The van der Waals surface area contributed by atoms with Gasteiger partial charge < -0.3 is 9.80 Å². The molecule has 8 nitrogen and oxygen atoms in total. The van der Waals surface area contributed by atoms with E-state index >= 15 is 0 Å². The maximum Gasteiger partial charge on any atom is 0.240 e. The fourth-order valence-corrected chi connectivity index (χ4v) is 3.67. The van der Waals surface area contributed by atoms with Gasteiger partial charge in [-0.1, -0.05) is 17.7 Å². The fraction of sp³-hybridized carbons (Fsp3) is 0.471. The van der Waals surface area contributed by atoms with Crippen LogP contribution in [0.2, 0.25) is 0 Å². The van der Waals surface area contributed by atoms with E-state index in [-0.39, 0.29) is 11.4 Å². The van der Waals surface area contributed by atoms with Crippen molar-refractivity contribution < 1.29 is 8.42 Å². The van der Waals surface area contributed by atoms with Crippen LogP contribution in [0, 0.1) is 6.92 Å². The molecular weight excluding hydrogens is 352 g/mol. The lowest BCUT2D eigenvalue weighted by atomic mass is 10.2. The third-order valence-electron chi connectivity index (χ3n) is 4.20. The van der Waals surface area contributed by atoms with Crippen LogP contribution in [0.1, 0.15) is 24.2 Å². The van der Waals surface area contributed by atoms with E-state index in [0.717, 1.165) is 31.5 Å². The Balaban J connectivity index is 1.81. The molecule has 9 heteroatoms. The number of aromatic nitrogens is 3. The normalized spacial score (nSPS) is 14.7. The quantitative estimate of drug-likeness (QED) is 0.813. The van der Waals surface area contributed by atoms with Gasteiger partial charge in [0.25, 0.3) is 0 Å². The summed E-state index contributed by atoms with van der Waals surface area (Å²) in [5, 5.41) is 0. The topological polar surface area (TPSA) is 91.3 Å². The summed E-state index contributed by atoms with van der Waals surface area (Å²) < 4.78 is 27.5. The molecule has 0 aliphatic carbocycles. The number of aryl methyl sites for hydroxylation is 1. The van der Waals surface area contributed by atoms with Crippen LogP contribution in [0.3, 0.4) is 0 Å². The van der Waals surface area contributed by atoms with E-state index in [0.29, 0.717) is 17.7 Å². The summed E-state index contributed by atoms with van der Waals surface area (Å²) in [5.41, 5.74) is 1.01. The molecule has 0 bridgehead atoms. The molecule has 1 aliphatic heterocycles. The van der Waals surface area contributed by atoms with Crippen LogP contribution in [0.5, 0.6) is 0 Å². The minimum atomic E-state index is -3.62. The third-order valence-corrected chi connectivity index (χ3v) is 5.62. The van der Waals surface area contributed by atoms with Crippen LogP contribution >= 0.6 is 0 Å². The van der Waals surface area contributed by atoms with Crippen LogP contribution in [0.4, 0.5) is 11.9 Å². The minimum absolute atomic E-state index is 0.0143. The Morgan fingerprint density at radius 2 is 1.73 bits per heavy atom. The van der Waals surface area contributed by atoms with Crippen molar-refractivity contribution in [3.63, 3.8) is 0 Å². The molecule has 0 atom stereocenters. The molecule has 1 aliphatic rings. The second kappa shape index (κ2) is 7.55. The zero-order valence-corrected chi connectivity index (χ0v) is 16.1. The van der Waals surface area contributed by atoms with Crippen molar-refractivity contribution in [2.24, 2.45) is 0 Å². The lowest BCUT2D eigenvalue weighted by Gasteiger charge is -2.19. The SMILES string of the molecule is Cc1ccc(S(=O)(=O)NCc2nc(N(C)C)nc(N3CCCC3)n2)cc1. The van der Waals surface area contributed by atoms with Crippen LogP contribution in [-0.2, 0) is 16.6 Å². The molecule has 3 rings (SSSR count). The molecule has 0 unspecified atom stereocenters. The molecule has 26 heavy (non-hydrogen) atoms. The highest BCUT2D eigenvalue weighted by Gasteiger charge is 2.19. The largest absolute Gasteiger partial charge is 0.347 e. The maximum absolute atomic E-state index is 12.5. The molecule has 0 amide bonds. The summed E-state index contributed by atoms with van der Waals surface area (Å²) >= 11 is 0. The van der Waals surface area contributed by atoms with Crippen molar-refractivity contribution >= 4 is 21.9 Å². The Bertz CT molecular complexity index is 861. The second-order valence-electron chi connectivity index (χ2n) is 6.58. The monoisotopic (exact) mass is 376 g/mol. The summed E-state index contributed by atoms with van der Waals surface area (Å²) in [4.78, 5) is 17.4. The summed E-state index contributed by atoms with van der Waals surface area (Å²) in [7, 11) is 0.0833. The number of nitrogens with one attached hydrogen (secondary N) is 1. The van der Waals surface area contributed by atoms with Gasteiger partial charge in [-0.15, -0.1) is 0 Å². The van der Waals surface area contributed by atoms with Crippen LogP contribution < -0.4 is 14.5 Å². The Morgan fingerprint density at radius 1 is 1.08 bits per heavy atom. The molecule has 1 N–H and O–H groups in total. The molecule has 1 aromatic carbocycles. The molecular formula is C17H24N6O2S. The lowest BCUT2D eigenvalue weighted by molar-refractivity contribution is 0.579. The number of hydrogen-bond acceptors (Lipinski definition) is 7. The van der Waals surface area contributed by atoms with Gasteiger partial charge in [0.05, 0.1) is 11.4 Å². The number of hydrogen-bond donors (Lipinski definition) is 1. The van der Waals surface area contributed by atoms with E-state index < -0.39 is 10.0 Å². The molecule has 0 radical (unpaired) electrons. The van der Waals surface area contributed by atoms with Gasteiger partial charge >= 0.3 is 0 Å². The van der Waals surface area contributed by atoms with E-state index in [4.69, 9.17) is 0 Å². The first kappa shape index (κ1) is 18.5. The summed E-state index contributed by atoms with van der Waals surface area (Å²) in [6.45, 7) is 3.74.